The van der Waals surface area contributed by atoms with Crippen LogP contribution in [0.1, 0.15) is 45.6 Å². The van der Waals surface area contributed by atoms with E-state index in [1.165, 1.54) is 0 Å². The largest absolute Gasteiger partial charge is 0.444 e. The molecule has 152 valence electrons. The van der Waals surface area contributed by atoms with Gasteiger partial charge in [0.1, 0.15) is 11.7 Å². The summed E-state index contributed by atoms with van der Waals surface area (Å²) in [5, 5.41) is 14.8. The average molecular weight is 386 g/mol. The third kappa shape index (κ3) is 7.57. The Kier molecular flexibility index (Phi) is 7.82. The fraction of sp³-hybridized carbons (Fsp3) is 0.571. The average Bonchev–Trinajstić information content (AvgIpc) is 2.64. The summed E-state index contributed by atoms with van der Waals surface area (Å²) in [7, 11) is 0. The maximum atomic E-state index is 12.2. The van der Waals surface area contributed by atoms with Crippen LogP contribution in [0.4, 0.5) is 10.5 Å². The fourth-order valence-electron chi connectivity index (χ4n) is 3.22. The van der Waals surface area contributed by atoms with Gasteiger partial charge >= 0.3 is 6.09 Å². The van der Waals surface area contributed by atoms with Crippen LogP contribution >= 0.6 is 0 Å². The van der Waals surface area contributed by atoms with E-state index in [-0.39, 0.29) is 12.0 Å². The van der Waals surface area contributed by atoms with Gasteiger partial charge in [-0.05, 0) is 58.2 Å². The molecule has 1 unspecified atom stereocenters. The number of nitrogens with zero attached hydrogens (tertiary/aromatic N) is 2. The normalized spacial score (nSPS) is 17.4. The molecule has 2 N–H and O–H groups in total. The van der Waals surface area contributed by atoms with Crippen LogP contribution in [0.2, 0.25) is 0 Å². The second-order valence-electron chi connectivity index (χ2n) is 8.15. The molecule has 1 aliphatic rings. The molecule has 1 aliphatic heterocycles. The number of hydrogen-bond acceptors (Lipinski definition) is 5. The van der Waals surface area contributed by atoms with Gasteiger partial charge in [0.25, 0.3) is 0 Å². The first-order valence-corrected chi connectivity index (χ1v) is 9.75. The van der Waals surface area contributed by atoms with Gasteiger partial charge in [0.05, 0.1) is 11.3 Å². The molecular formula is C21H30N4O3. The number of alkyl carbamates (subject to hydrolysis) is 1. The van der Waals surface area contributed by atoms with Gasteiger partial charge in [-0.15, -0.1) is 0 Å². The summed E-state index contributed by atoms with van der Waals surface area (Å²) in [5.41, 5.74) is 0.510. The van der Waals surface area contributed by atoms with E-state index in [0.29, 0.717) is 36.7 Å². The summed E-state index contributed by atoms with van der Waals surface area (Å²) >= 11 is 0. The van der Waals surface area contributed by atoms with Gasteiger partial charge in [0.15, 0.2) is 0 Å². The van der Waals surface area contributed by atoms with Gasteiger partial charge in [0.2, 0.25) is 5.91 Å². The molecule has 0 aliphatic carbocycles. The maximum Gasteiger partial charge on any atom is 0.407 e. The summed E-state index contributed by atoms with van der Waals surface area (Å²) in [6, 6.07) is 9.06. The van der Waals surface area contributed by atoms with E-state index in [1.807, 2.05) is 20.8 Å². The molecule has 0 spiro atoms. The van der Waals surface area contributed by atoms with Crippen molar-refractivity contribution in [3.63, 3.8) is 0 Å². The Morgan fingerprint density at radius 1 is 1.32 bits per heavy atom. The molecule has 1 fully saturated rings. The molecule has 1 aromatic rings. The molecule has 0 bridgehead atoms. The highest BCUT2D eigenvalue weighted by Crippen LogP contribution is 2.17. The standard InChI is InChI=1S/C21H30N4O3/c1-21(2,3)28-20(27)23-14-16-7-6-11-25(15-16)12-10-19(26)24-18-9-5-4-8-17(18)13-22/h4-5,8-9,16H,6-7,10-12,14-15H2,1-3H3,(H,23,27)(H,24,26). The molecule has 7 nitrogen and oxygen atoms in total. The molecule has 1 saturated heterocycles. The van der Waals surface area contributed by atoms with Crippen molar-refractivity contribution in [1.82, 2.24) is 10.2 Å². The fourth-order valence-corrected chi connectivity index (χ4v) is 3.22. The minimum atomic E-state index is -0.500. The van der Waals surface area contributed by atoms with Crippen LogP contribution in [0.3, 0.4) is 0 Å². The maximum absolute atomic E-state index is 12.2. The molecule has 2 rings (SSSR count). The Labute approximate surface area is 167 Å². The zero-order valence-electron chi connectivity index (χ0n) is 17.0. The highest BCUT2D eigenvalue weighted by atomic mass is 16.6. The van der Waals surface area contributed by atoms with Crippen LogP contribution in [0.15, 0.2) is 24.3 Å². The van der Waals surface area contributed by atoms with E-state index in [0.717, 1.165) is 25.9 Å². The van der Waals surface area contributed by atoms with Crippen LogP contribution < -0.4 is 10.6 Å². The van der Waals surface area contributed by atoms with Crippen molar-refractivity contribution < 1.29 is 14.3 Å². The predicted molar refractivity (Wildman–Crippen MR) is 108 cm³/mol. The summed E-state index contributed by atoms with van der Waals surface area (Å²) in [6.07, 6.45) is 2.07. The number of nitriles is 1. The molecule has 0 saturated carbocycles. The van der Waals surface area contributed by atoms with E-state index >= 15 is 0 Å². The van der Waals surface area contributed by atoms with Gasteiger partial charge in [0, 0.05) is 26.1 Å². The van der Waals surface area contributed by atoms with Gasteiger partial charge < -0.3 is 20.3 Å². The van der Waals surface area contributed by atoms with Gasteiger partial charge in [-0.1, -0.05) is 12.1 Å². The summed E-state index contributed by atoms with van der Waals surface area (Å²) in [5.74, 6) is 0.250. The number of piperidine rings is 1. The van der Waals surface area contributed by atoms with Crippen LogP contribution in [-0.2, 0) is 9.53 Å². The quantitative estimate of drug-likeness (QED) is 0.783. The highest BCUT2D eigenvalue weighted by Gasteiger charge is 2.22. The summed E-state index contributed by atoms with van der Waals surface area (Å²) in [4.78, 5) is 26.3. The van der Waals surface area contributed by atoms with Crippen LogP contribution in [0.5, 0.6) is 0 Å². The van der Waals surface area contributed by atoms with Gasteiger partial charge in [-0.25, -0.2) is 4.79 Å². The first-order chi connectivity index (χ1) is 13.3. The van der Waals surface area contributed by atoms with Crippen LogP contribution in [0.25, 0.3) is 0 Å². The molecule has 1 aromatic carbocycles. The van der Waals surface area contributed by atoms with Crippen molar-refractivity contribution in [2.24, 2.45) is 5.92 Å². The number of hydrogen-bond donors (Lipinski definition) is 2. The lowest BCUT2D eigenvalue weighted by molar-refractivity contribution is -0.116. The molecule has 1 atom stereocenters. The smallest absolute Gasteiger partial charge is 0.407 e. The number of anilines is 1. The lowest BCUT2D eigenvalue weighted by Gasteiger charge is -2.32. The van der Waals surface area contributed by atoms with E-state index in [9.17, 15) is 9.59 Å². The Hall–Kier alpha value is -2.59. The molecule has 2 amide bonds. The van der Waals surface area contributed by atoms with Crippen molar-refractivity contribution in [1.29, 1.82) is 5.26 Å². The van der Waals surface area contributed by atoms with Crippen molar-refractivity contribution in [2.75, 3.05) is 31.5 Å². The Balaban J connectivity index is 1.73. The number of carbonyl (C=O) groups is 2. The van der Waals surface area contributed by atoms with E-state index < -0.39 is 5.60 Å². The Morgan fingerprint density at radius 3 is 2.79 bits per heavy atom. The third-order valence-corrected chi connectivity index (χ3v) is 4.51. The van der Waals surface area contributed by atoms with Crippen LogP contribution in [-0.4, -0.2) is 48.7 Å². The second-order valence-corrected chi connectivity index (χ2v) is 8.15. The summed E-state index contributed by atoms with van der Waals surface area (Å²) in [6.45, 7) is 8.55. The monoisotopic (exact) mass is 386 g/mol. The van der Waals surface area contributed by atoms with E-state index in [4.69, 9.17) is 10.00 Å². The first kappa shape index (κ1) is 21.7. The zero-order valence-corrected chi connectivity index (χ0v) is 17.0. The van der Waals surface area contributed by atoms with Gasteiger partial charge in [-0.2, -0.15) is 5.26 Å². The minimum Gasteiger partial charge on any atom is -0.444 e. The lowest BCUT2D eigenvalue weighted by Crippen LogP contribution is -2.42. The van der Waals surface area contributed by atoms with Crippen molar-refractivity contribution in [3.8, 4) is 6.07 Å². The number of para-hydroxylation sites is 1. The molecule has 28 heavy (non-hydrogen) atoms. The third-order valence-electron chi connectivity index (χ3n) is 4.51. The molecule has 1 heterocycles. The lowest BCUT2D eigenvalue weighted by atomic mass is 9.98. The van der Waals surface area contributed by atoms with Crippen molar-refractivity contribution >= 4 is 17.7 Å². The molecule has 0 aromatic heterocycles. The number of ether oxygens (including phenoxy) is 1. The zero-order chi connectivity index (χ0) is 20.6. The molecule has 0 radical (unpaired) electrons. The van der Waals surface area contributed by atoms with Crippen LogP contribution in [0, 0.1) is 17.2 Å². The van der Waals surface area contributed by atoms with E-state index in [2.05, 4.69) is 21.6 Å². The predicted octanol–water partition coefficient (Wildman–Crippen LogP) is 3.12. The number of amides is 2. The molecular weight excluding hydrogens is 356 g/mol. The topological polar surface area (TPSA) is 94.5 Å². The minimum absolute atomic E-state index is 0.100. The second kappa shape index (κ2) is 10.1. The Morgan fingerprint density at radius 2 is 2.07 bits per heavy atom. The number of benzene rings is 1. The van der Waals surface area contributed by atoms with Gasteiger partial charge in [-0.3, -0.25) is 4.79 Å². The highest BCUT2D eigenvalue weighted by molar-refractivity contribution is 5.92. The number of nitrogens with one attached hydrogen (secondary N) is 2. The SMILES string of the molecule is CC(C)(C)OC(=O)NCC1CCCN(CCC(=O)Nc2ccccc2C#N)C1. The Bertz CT molecular complexity index is 721. The first-order valence-electron chi connectivity index (χ1n) is 9.75. The number of carbonyl (C=O) groups excluding carboxylic acids is 2. The van der Waals surface area contributed by atoms with Crippen molar-refractivity contribution in [3.05, 3.63) is 29.8 Å². The number of likely N-dealkylation sites (tertiary alicyclic amines) is 1. The summed E-state index contributed by atoms with van der Waals surface area (Å²) < 4.78 is 5.27. The van der Waals surface area contributed by atoms with Crippen molar-refractivity contribution in [2.45, 2.75) is 45.6 Å². The molecule has 7 heteroatoms. The number of rotatable bonds is 6. The van der Waals surface area contributed by atoms with E-state index in [1.54, 1.807) is 24.3 Å².